The molecule has 0 radical (unpaired) electrons. The number of unbranched alkanes of at least 4 members (excludes halogenated alkanes) is 1. The molecule has 1 heterocycles. The third-order valence-corrected chi connectivity index (χ3v) is 4.11. The Morgan fingerprint density at radius 2 is 1.56 bits per heavy atom. The fourth-order valence-corrected chi connectivity index (χ4v) is 2.63. The molecule has 0 N–H and O–H groups in total. The second-order valence-electron chi connectivity index (χ2n) is 5.89. The lowest BCUT2D eigenvalue weighted by molar-refractivity contribution is 0.577. The van der Waals surface area contributed by atoms with Crippen LogP contribution < -0.4 is 0 Å². The van der Waals surface area contributed by atoms with Crippen LogP contribution in [0.15, 0.2) is 54.7 Å². The van der Waals surface area contributed by atoms with Crippen LogP contribution >= 0.6 is 0 Å². The zero-order chi connectivity index (χ0) is 17.6. The number of rotatable bonds is 5. The van der Waals surface area contributed by atoms with E-state index in [2.05, 4.69) is 41.2 Å². The summed E-state index contributed by atoms with van der Waals surface area (Å²) in [6.07, 6.45) is 4.72. The SMILES string of the molecule is CCCCc1ccc(-c2ccc(-c3ncc(C#N)c(F)n3)cc2)cc1. The quantitative estimate of drug-likeness (QED) is 0.606. The van der Waals surface area contributed by atoms with Gasteiger partial charge in [-0.25, -0.2) is 4.98 Å². The molecule has 0 atom stereocenters. The molecule has 3 rings (SSSR count). The Balaban J connectivity index is 1.80. The van der Waals surface area contributed by atoms with E-state index in [1.54, 1.807) is 6.07 Å². The molecular formula is C21H18FN3. The highest BCUT2D eigenvalue weighted by molar-refractivity contribution is 5.67. The highest BCUT2D eigenvalue weighted by Gasteiger charge is 2.08. The summed E-state index contributed by atoms with van der Waals surface area (Å²) < 4.78 is 13.6. The Labute approximate surface area is 146 Å². The molecule has 1 aromatic heterocycles. The molecule has 0 saturated carbocycles. The molecule has 0 spiro atoms. The van der Waals surface area contributed by atoms with Crippen LogP contribution in [0, 0.1) is 17.3 Å². The number of benzene rings is 2. The number of hydrogen-bond donors (Lipinski definition) is 0. The van der Waals surface area contributed by atoms with Gasteiger partial charge in [-0.05, 0) is 29.5 Å². The van der Waals surface area contributed by atoms with Gasteiger partial charge in [0, 0.05) is 5.56 Å². The molecule has 0 bridgehead atoms. The largest absolute Gasteiger partial charge is 0.235 e. The Morgan fingerprint density at radius 3 is 2.12 bits per heavy atom. The van der Waals surface area contributed by atoms with Gasteiger partial charge in [0.15, 0.2) is 5.82 Å². The molecule has 0 aliphatic carbocycles. The third-order valence-electron chi connectivity index (χ3n) is 4.11. The van der Waals surface area contributed by atoms with Crippen LogP contribution in [0.5, 0.6) is 0 Å². The topological polar surface area (TPSA) is 49.6 Å². The fraction of sp³-hybridized carbons (Fsp3) is 0.190. The fourth-order valence-electron chi connectivity index (χ4n) is 2.63. The Kier molecular flexibility index (Phi) is 5.15. The van der Waals surface area contributed by atoms with Crippen molar-refractivity contribution in [2.24, 2.45) is 0 Å². The summed E-state index contributed by atoms with van der Waals surface area (Å²) in [6.45, 7) is 2.19. The Bertz CT molecular complexity index is 894. The second kappa shape index (κ2) is 7.67. The molecule has 0 fully saturated rings. The molecule has 0 aliphatic heterocycles. The molecule has 3 nitrogen and oxygen atoms in total. The van der Waals surface area contributed by atoms with Gasteiger partial charge in [0.05, 0.1) is 6.20 Å². The summed E-state index contributed by atoms with van der Waals surface area (Å²) in [5.74, 6) is -0.516. The van der Waals surface area contributed by atoms with Crippen LogP contribution in [-0.4, -0.2) is 9.97 Å². The van der Waals surface area contributed by atoms with Crippen molar-refractivity contribution in [3.05, 3.63) is 71.8 Å². The minimum absolute atomic E-state index is 0.150. The predicted molar refractivity (Wildman–Crippen MR) is 96.2 cm³/mol. The van der Waals surface area contributed by atoms with E-state index in [0.717, 1.165) is 17.5 Å². The summed E-state index contributed by atoms with van der Waals surface area (Å²) in [5, 5.41) is 8.74. The number of halogens is 1. The number of nitrogens with zero attached hydrogens (tertiary/aromatic N) is 3. The van der Waals surface area contributed by atoms with Gasteiger partial charge in [-0.1, -0.05) is 61.9 Å². The first-order chi connectivity index (χ1) is 12.2. The van der Waals surface area contributed by atoms with Crippen molar-refractivity contribution in [3.63, 3.8) is 0 Å². The van der Waals surface area contributed by atoms with Crippen molar-refractivity contribution in [3.8, 4) is 28.6 Å². The van der Waals surface area contributed by atoms with E-state index >= 15 is 0 Å². The lowest BCUT2D eigenvalue weighted by Gasteiger charge is -2.06. The van der Waals surface area contributed by atoms with E-state index < -0.39 is 5.95 Å². The first-order valence-corrected chi connectivity index (χ1v) is 8.33. The minimum atomic E-state index is -0.792. The molecule has 2 aromatic carbocycles. The van der Waals surface area contributed by atoms with E-state index in [1.807, 2.05) is 24.3 Å². The van der Waals surface area contributed by atoms with Crippen LogP contribution in [0.4, 0.5) is 4.39 Å². The molecule has 0 amide bonds. The van der Waals surface area contributed by atoms with Crippen molar-refractivity contribution in [1.29, 1.82) is 5.26 Å². The second-order valence-corrected chi connectivity index (χ2v) is 5.89. The van der Waals surface area contributed by atoms with Crippen molar-refractivity contribution in [2.45, 2.75) is 26.2 Å². The van der Waals surface area contributed by atoms with Crippen molar-refractivity contribution >= 4 is 0 Å². The Hall–Kier alpha value is -3.06. The highest BCUT2D eigenvalue weighted by atomic mass is 19.1. The number of nitriles is 1. The van der Waals surface area contributed by atoms with Crippen LogP contribution in [0.3, 0.4) is 0 Å². The predicted octanol–water partition coefficient (Wildman–Crippen LogP) is 5.16. The van der Waals surface area contributed by atoms with Gasteiger partial charge >= 0.3 is 0 Å². The molecule has 4 heteroatoms. The molecule has 0 aliphatic rings. The maximum absolute atomic E-state index is 13.6. The first-order valence-electron chi connectivity index (χ1n) is 8.33. The number of aromatic nitrogens is 2. The lowest BCUT2D eigenvalue weighted by Crippen LogP contribution is -1.95. The van der Waals surface area contributed by atoms with Crippen molar-refractivity contribution in [1.82, 2.24) is 9.97 Å². The maximum Gasteiger partial charge on any atom is 0.234 e. The zero-order valence-corrected chi connectivity index (χ0v) is 14.0. The summed E-state index contributed by atoms with van der Waals surface area (Å²) in [6, 6.07) is 18.0. The molecule has 0 saturated heterocycles. The van der Waals surface area contributed by atoms with E-state index in [9.17, 15) is 4.39 Å². The highest BCUT2D eigenvalue weighted by Crippen LogP contribution is 2.24. The standard InChI is InChI=1S/C21H18FN3/c1-2-3-4-15-5-7-16(8-6-15)17-9-11-18(12-10-17)21-24-14-19(13-23)20(22)25-21/h5-12,14H,2-4H2,1H3. The lowest BCUT2D eigenvalue weighted by atomic mass is 10.0. The number of hydrogen-bond acceptors (Lipinski definition) is 3. The van der Waals surface area contributed by atoms with Gasteiger partial charge in [0.25, 0.3) is 0 Å². The van der Waals surface area contributed by atoms with E-state index in [4.69, 9.17) is 5.26 Å². The molecule has 3 aromatic rings. The molecular weight excluding hydrogens is 313 g/mol. The summed E-state index contributed by atoms with van der Waals surface area (Å²) in [5.41, 5.74) is 4.14. The van der Waals surface area contributed by atoms with Gasteiger partial charge in [-0.2, -0.15) is 14.6 Å². The summed E-state index contributed by atoms with van der Waals surface area (Å²) >= 11 is 0. The van der Waals surface area contributed by atoms with Crippen LogP contribution in [0.1, 0.15) is 30.9 Å². The normalized spacial score (nSPS) is 10.4. The van der Waals surface area contributed by atoms with E-state index in [1.165, 1.54) is 24.6 Å². The summed E-state index contributed by atoms with van der Waals surface area (Å²) in [7, 11) is 0. The average Bonchev–Trinajstić information content (AvgIpc) is 2.67. The third kappa shape index (κ3) is 3.89. The number of aryl methyl sites for hydroxylation is 1. The molecule has 0 unspecified atom stereocenters. The maximum atomic E-state index is 13.6. The molecule has 124 valence electrons. The van der Waals surface area contributed by atoms with Gasteiger partial charge in [-0.3, -0.25) is 0 Å². The van der Waals surface area contributed by atoms with Crippen LogP contribution in [-0.2, 0) is 6.42 Å². The smallest absolute Gasteiger partial charge is 0.234 e. The minimum Gasteiger partial charge on any atom is -0.235 e. The average molecular weight is 331 g/mol. The van der Waals surface area contributed by atoms with Crippen LogP contribution in [0.2, 0.25) is 0 Å². The molecule has 25 heavy (non-hydrogen) atoms. The monoisotopic (exact) mass is 331 g/mol. The van der Waals surface area contributed by atoms with E-state index in [-0.39, 0.29) is 11.4 Å². The van der Waals surface area contributed by atoms with Crippen LogP contribution in [0.25, 0.3) is 22.5 Å². The Morgan fingerprint density at radius 1 is 0.960 bits per heavy atom. The first kappa shape index (κ1) is 16.8. The van der Waals surface area contributed by atoms with Gasteiger partial charge in [0.1, 0.15) is 11.6 Å². The zero-order valence-electron chi connectivity index (χ0n) is 14.0. The van der Waals surface area contributed by atoms with Crippen molar-refractivity contribution < 1.29 is 4.39 Å². The van der Waals surface area contributed by atoms with Gasteiger partial charge in [-0.15, -0.1) is 0 Å². The van der Waals surface area contributed by atoms with Gasteiger partial charge < -0.3 is 0 Å². The van der Waals surface area contributed by atoms with Crippen molar-refractivity contribution in [2.75, 3.05) is 0 Å². The summed E-state index contributed by atoms with van der Waals surface area (Å²) in [4.78, 5) is 7.81. The van der Waals surface area contributed by atoms with Gasteiger partial charge in [0.2, 0.25) is 5.95 Å². The van der Waals surface area contributed by atoms with E-state index in [0.29, 0.717) is 5.56 Å².